The molecular weight excluding hydrogens is 504 g/mol. The van der Waals surface area contributed by atoms with Crippen molar-refractivity contribution in [3.8, 4) is 16.9 Å². The standard InChI is InChI=1S/C37H22N2S/c1-6-14-30-23(9-1)19-22-31(38-30)24-17-20-25(21-18-24)39-32-15-7-4-12-28(32)34-26-10-2-3-11-27(26)35-29-13-5-8-16-33(29)40-37(35)36(34)39/h1-22H. The average Bonchev–Trinajstić information content (AvgIpc) is 3.58. The Hall–Kier alpha value is -4.99. The van der Waals surface area contributed by atoms with Crippen LogP contribution in [-0.4, -0.2) is 9.55 Å². The Bertz CT molecular complexity index is 2430. The predicted molar refractivity (Wildman–Crippen MR) is 172 cm³/mol. The highest BCUT2D eigenvalue weighted by atomic mass is 32.1. The molecular formula is C37H22N2S. The number of thiophene rings is 1. The van der Waals surface area contributed by atoms with Crippen molar-refractivity contribution in [1.29, 1.82) is 0 Å². The fourth-order valence-corrected chi connectivity index (χ4v) is 7.66. The van der Waals surface area contributed by atoms with Gasteiger partial charge in [-0.05, 0) is 47.2 Å². The Balaban J connectivity index is 1.37. The lowest BCUT2D eigenvalue weighted by Crippen LogP contribution is -1.94. The number of nitrogens with zero attached hydrogens (tertiary/aromatic N) is 2. The molecule has 0 saturated heterocycles. The van der Waals surface area contributed by atoms with Crippen LogP contribution in [0.15, 0.2) is 133 Å². The monoisotopic (exact) mass is 526 g/mol. The van der Waals surface area contributed by atoms with Crippen LogP contribution in [0.25, 0.3) is 80.6 Å². The van der Waals surface area contributed by atoms with Crippen LogP contribution in [0.2, 0.25) is 0 Å². The molecule has 0 fully saturated rings. The number of hydrogen-bond acceptors (Lipinski definition) is 2. The largest absolute Gasteiger partial charge is 0.308 e. The Morgan fingerprint density at radius 2 is 1.20 bits per heavy atom. The summed E-state index contributed by atoms with van der Waals surface area (Å²) < 4.78 is 5.13. The van der Waals surface area contributed by atoms with Crippen LogP contribution in [0.5, 0.6) is 0 Å². The highest BCUT2D eigenvalue weighted by Crippen LogP contribution is 2.47. The van der Waals surface area contributed by atoms with Gasteiger partial charge in [0.2, 0.25) is 0 Å². The van der Waals surface area contributed by atoms with Gasteiger partial charge in [-0.3, -0.25) is 0 Å². The Kier molecular flexibility index (Phi) is 4.52. The highest BCUT2D eigenvalue weighted by molar-refractivity contribution is 7.27. The molecule has 0 aliphatic rings. The van der Waals surface area contributed by atoms with Crippen molar-refractivity contribution < 1.29 is 0 Å². The highest BCUT2D eigenvalue weighted by Gasteiger charge is 2.21. The average molecular weight is 527 g/mol. The molecule has 0 amide bonds. The van der Waals surface area contributed by atoms with Gasteiger partial charge in [-0.1, -0.05) is 97.1 Å². The summed E-state index contributed by atoms with van der Waals surface area (Å²) >= 11 is 1.90. The second-order valence-corrected chi connectivity index (χ2v) is 11.4. The van der Waals surface area contributed by atoms with Gasteiger partial charge in [0.1, 0.15) is 0 Å². The van der Waals surface area contributed by atoms with E-state index in [-0.39, 0.29) is 0 Å². The Labute approximate surface area is 234 Å². The first-order valence-electron chi connectivity index (χ1n) is 13.6. The summed E-state index contributed by atoms with van der Waals surface area (Å²) in [6, 6.07) is 48.0. The van der Waals surface area contributed by atoms with E-state index in [4.69, 9.17) is 4.98 Å². The minimum absolute atomic E-state index is 0.991. The van der Waals surface area contributed by atoms with Crippen molar-refractivity contribution in [2.24, 2.45) is 0 Å². The van der Waals surface area contributed by atoms with Crippen molar-refractivity contribution in [2.75, 3.05) is 0 Å². The number of rotatable bonds is 2. The normalized spacial score (nSPS) is 12.0. The van der Waals surface area contributed by atoms with Gasteiger partial charge >= 0.3 is 0 Å². The van der Waals surface area contributed by atoms with Crippen molar-refractivity contribution in [3.63, 3.8) is 0 Å². The van der Waals surface area contributed by atoms with Crippen molar-refractivity contribution >= 4 is 75.0 Å². The number of pyridine rings is 1. The summed E-state index contributed by atoms with van der Waals surface area (Å²) in [7, 11) is 0. The first-order chi connectivity index (χ1) is 19.8. The second kappa shape index (κ2) is 8.25. The summed E-state index contributed by atoms with van der Waals surface area (Å²) in [6.07, 6.45) is 0. The molecule has 0 radical (unpaired) electrons. The van der Waals surface area contributed by atoms with Gasteiger partial charge in [0.15, 0.2) is 0 Å². The molecule has 0 spiro atoms. The van der Waals surface area contributed by atoms with Crippen LogP contribution in [0.1, 0.15) is 0 Å². The summed E-state index contributed by atoms with van der Waals surface area (Å²) in [5.74, 6) is 0. The molecule has 40 heavy (non-hydrogen) atoms. The Morgan fingerprint density at radius 3 is 2.05 bits per heavy atom. The van der Waals surface area contributed by atoms with E-state index in [2.05, 4.69) is 132 Å². The first kappa shape index (κ1) is 21.9. The van der Waals surface area contributed by atoms with Crippen molar-refractivity contribution in [3.05, 3.63) is 133 Å². The molecule has 0 aliphatic carbocycles. The summed E-state index contributed by atoms with van der Waals surface area (Å²) in [6.45, 7) is 0. The van der Waals surface area contributed by atoms with E-state index in [0.717, 1.165) is 27.8 Å². The van der Waals surface area contributed by atoms with Gasteiger partial charge in [-0.25, -0.2) is 4.98 Å². The maximum Gasteiger partial charge on any atom is 0.0726 e. The molecule has 0 saturated carbocycles. The minimum atomic E-state index is 0.991. The van der Waals surface area contributed by atoms with E-state index >= 15 is 0 Å². The van der Waals surface area contributed by atoms with Gasteiger partial charge in [-0.2, -0.15) is 0 Å². The SMILES string of the molecule is c1ccc2nc(-c3ccc(-n4c5ccccc5c5c6ccccc6c6c7ccccc7sc6c54)cc3)ccc2c1. The quantitative estimate of drug-likeness (QED) is 0.219. The van der Waals surface area contributed by atoms with Gasteiger partial charge in [0, 0.05) is 42.9 Å². The minimum Gasteiger partial charge on any atom is -0.308 e. The maximum atomic E-state index is 4.93. The fourth-order valence-electron chi connectivity index (χ4n) is 6.40. The zero-order valence-electron chi connectivity index (χ0n) is 21.5. The van der Waals surface area contributed by atoms with Crippen LogP contribution in [0.3, 0.4) is 0 Å². The zero-order chi connectivity index (χ0) is 26.2. The molecule has 0 aliphatic heterocycles. The summed E-state index contributed by atoms with van der Waals surface area (Å²) in [4.78, 5) is 4.93. The number of fused-ring (bicyclic) bond motifs is 11. The van der Waals surface area contributed by atoms with Crippen LogP contribution in [-0.2, 0) is 0 Å². The van der Waals surface area contributed by atoms with E-state index in [9.17, 15) is 0 Å². The van der Waals surface area contributed by atoms with Crippen LogP contribution in [0.4, 0.5) is 0 Å². The van der Waals surface area contributed by atoms with Gasteiger partial charge < -0.3 is 4.57 Å². The molecule has 0 bridgehead atoms. The molecule has 6 aromatic carbocycles. The lowest BCUT2D eigenvalue weighted by Gasteiger charge is -2.11. The maximum absolute atomic E-state index is 4.93. The first-order valence-corrected chi connectivity index (χ1v) is 14.4. The van der Waals surface area contributed by atoms with Gasteiger partial charge in [-0.15, -0.1) is 11.3 Å². The lowest BCUT2D eigenvalue weighted by atomic mass is 9.99. The molecule has 0 unspecified atom stereocenters. The summed E-state index contributed by atoms with van der Waals surface area (Å²) in [5.41, 5.74) is 6.80. The number of para-hydroxylation sites is 2. The van der Waals surface area contributed by atoms with Crippen LogP contribution >= 0.6 is 11.3 Å². The molecule has 2 nitrogen and oxygen atoms in total. The smallest absolute Gasteiger partial charge is 0.0726 e. The van der Waals surface area contributed by atoms with E-state index in [1.165, 1.54) is 52.8 Å². The van der Waals surface area contributed by atoms with E-state index in [0.29, 0.717) is 0 Å². The van der Waals surface area contributed by atoms with E-state index in [1.807, 2.05) is 17.4 Å². The number of benzene rings is 6. The molecule has 0 N–H and O–H groups in total. The lowest BCUT2D eigenvalue weighted by molar-refractivity contribution is 1.19. The molecule has 3 heteroatoms. The third kappa shape index (κ3) is 3.01. The van der Waals surface area contributed by atoms with Crippen molar-refractivity contribution in [2.45, 2.75) is 0 Å². The molecule has 9 rings (SSSR count). The fraction of sp³-hybridized carbons (Fsp3) is 0. The van der Waals surface area contributed by atoms with Crippen LogP contribution < -0.4 is 0 Å². The van der Waals surface area contributed by atoms with E-state index in [1.54, 1.807) is 0 Å². The van der Waals surface area contributed by atoms with Gasteiger partial charge in [0.05, 0.1) is 26.9 Å². The second-order valence-electron chi connectivity index (χ2n) is 10.4. The topological polar surface area (TPSA) is 17.8 Å². The molecule has 0 atom stereocenters. The third-order valence-electron chi connectivity index (χ3n) is 8.17. The molecule has 3 aromatic heterocycles. The number of hydrogen-bond donors (Lipinski definition) is 0. The third-order valence-corrected chi connectivity index (χ3v) is 9.35. The predicted octanol–water partition coefficient (Wildman–Crippen LogP) is 10.5. The molecule has 186 valence electrons. The molecule has 9 aromatic rings. The molecule has 3 heterocycles. The van der Waals surface area contributed by atoms with E-state index < -0.39 is 0 Å². The zero-order valence-corrected chi connectivity index (χ0v) is 22.3. The van der Waals surface area contributed by atoms with Gasteiger partial charge in [0.25, 0.3) is 0 Å². The van der Waals surface area contributed by atoms with Crippen LogP contribution in [0, 0.1) is 0 Å². The number of aromatic nitrogens is 2. The van der Waals surface area contributed by atoms with Crippen molar-refractivity contribution in [1.82, 2.24) is 9.55 Å². The Morgan fingerprint density at radius 1 is 0.525 bits per heavy atom. The summed E-state index contributed by atoms with van der Waals surface area (Å²) in [5, 5.41) is 9.08.